The zero-order chi connectivity index (χ0) is 12.1. The Labute approximate surface area is 99.4 Å². The number of aromatic nitrogens is 1. The number of terminal acetylenes is 1. The molecule has 0 fully saturated rings. The second kappa shape index (κ2) is 5.19. The standard InChI is InChI=1S/C13H13N3O/c1-2-6-14-9-13(17)16-11-3-4-12-10(8-11)5-7-15-12/h1,3-5,7-8,14-15H,6,9H2,(H,16,17). The van der Waals surface area contributed by atoms with E-state index in [2.05, 4.69) is 21.5 Å². The minimum Gasteiger partial charge on any atom is -0.361 e. The van der Waals surface area contributed by atoms with Gasteiger partial charge in [0.15, 0.2) is 0 Å². The molecule has 1 amide bonds. The molecular formula is C13H13N3O. The van der Waals surface area contributed by atoms with E-state index in [9.17, 15) is 4.79 Å². The second-order valence-corrected chi connectivity index (χ2v) is 3.64. The van der Waals surface area contributed by atoms with Crippen LogP contribution in [0, 0.1) is 12.3 Å². The molecule has 0 bridgehead atoms. The van der Waals surface area contributed by atoms with Gasteiger partial charge < -0.3 is 10.3 Å². The van der Waals surface area contributed by atoms with Crippen LogP contribution in [-0.4, -0.2) is 24.0 Å². The number of amides is 1. The first kappa shape index (κ1) is 11.2. The van der Waals surface area contributed by atoms with Crippen LogP contribution in [0.3, 0.4) is 0 Å². The van der Waals surface area contributed by atoms with Crippen molar-refractivity contribution in [3.63, 3.8) is 0 Å². The van der Waals surface area contributed by atoms with Gasteiger partial charge in [-0.1, -0.05) is 5.92 Å². The molecule has 3 N–H and O–H groups in total. The normalized spacial score (nSPS) is 10.1. The summed E-state index contributed by atoms with van der Waals surface area (Å²) in [4.78, 5) is 14.6. The number of fused-ring (bicyclic) bond motifs is 1. The van der Waals surface area contributed by atoms with E-state index in [1.807, 2.05) is 30.5 Å². The molecular weight excluding hydrogens is 214 g/mol. The predicted octanol–water partition coefficient (Wildman–Crippen LogP) is 1.33. The number of aromatic amines is 1. The molecule has 0 spiro atoms. The lowest BCUT2D eigenvalue weighted by molar-refractivity contribution is -0.115. The van der Waals surface area contributed by atoms with Gasteiger partial charge in [-0.25, -0.2) is 0 Å². The number of rotatable bonds is 4. The fourth-order valence-electron chi connectivity index (χ4n) is 1.58. The zero-order valence-electron chi connectivity index (χ0n) is 9.29. The summed E-state index contributed by atoms with van der Waals surface area (Å²) < 4.78 is 0. The lowest BCUT2D eigenvalue weighted by Gasteiger charge is -2.05. The van der Waals surface area contributed by atoms with E-state index in [0.29, 0.717) is 6.54 Å². The number of hydrogen-bond donors (Lipinski definition) is 3. The van der Waals surface area contributed by atoms with E-state index in [0.717, 1.165) is 16.6 Å². The van der Waals surface area contributed by atoms with Crippen LogP contribution in [0.15, 0.2) is 30.5 Å². The Kier molecular flexibility index (Phi) is 3.43. The third kappa shape index (κ3) is 2.86. The maximum Gasteiger partial charge on any atom is 0.238 e. The van der Waals surface area contributed by atoms with Gasteiger partial charge in [0.05, 0.1) is 13.1 Å². The predicted molar refractivity (Wildman–Crippen MR) is 68.6 cm³/mol. The third-order valence-corrected chi connectivity index (χ3v) is 2.35. The van der Waals surface area contributed by atoms with E-state index in [-0.39, 0.29) is 12.5 Å². The van der Waals surface area contributed by atoms with Crippen molar-refractivity contribution in [2.45, 2.75) is 0 Å². The summed E-state index contributed by atoms with van der Waals surface area (Å²) in [5.74, 6) is 2.31. The number of carbonyl (C=O) groups is 1. The van der Waals surface area contributed by atoms with Crippen LogP contribution in [0.2, 0.25) is 0 Å². The second-order valence-electron chi connectivity index (χ2n) is 3.64. The Hall–Kier alpha value is -2.25. The molecule has 0 unspecified atom stereocenters. The van der Waals surface area contributed by atoms with Crippen LogP contribution in [-0.2, 0) is 4.79 Å². The molecule has 1 aromatic heterocycles. The first-order valence-electron chi connectivity index (χ1n) is 5.31. The number of hydrogen-bond acceptors (Lipinski definition) is 2. The van der Waals surface area contributed by atoms with Crippen LogP contribution in [0.1, 0.15) is 0 Å². The average molecular weight is 227 g/mol. The number of carbonyl (C=O) groups excluding carboxylic acids is 1. The van der Waals surface area contributed by atoms with Gasteiger partial charge in [-0.05, 0) is 24.3 Å². The van der Waals surface area contributed by atoms with Crippen molar-refractivity contribution in [1.29, 1.82) is 0 Å². The molecule has 0 aliphatic carbocycles. The summed E-state index contributed by atoms with van der Waals surface area (Å²) in [7, 11) is 0. The SMILES string of the molecule is C#CCNCC(=O)Nc1ccc2[nH]ccc2c1. The average Bonchev–Trinajstić information content (AvgIpc) is 2.76. The topological polar surface area (TPSA) is 56.9 Å². The monoisotopic (exact) mass is 227 g/mol. The molecule has 0 aliphatic heterocycles. The summed E-state index contributed by atoms with van der Waals surface area (Å²) in [5.41, 5.74) is 1.83. The number of nitrogens with one attached hydrogen (secondary N) is 3. The highest BCUT2D eigenvalue weighted by Gasteiger charge is 2.02. The summed E-state index contributed by atoms with van der Waals surface area (Å²) in [6.45, 7) is 0.611. The Morgan fingerprint density at radius 3 is 3.12 bits per heavy atom. The minimum absolute atomic E-state index is 0.102. The van der Waals surface area contributed by atoms with Gasteiger partial charge in [-0.3, -0.25) is 10.1 Å². The first-order chi connectivity index (χ1) is 8.29. The third-order valence-electron chi connectivity index (χ3n) is 2.35. The van der Waals surface area contributed by atoms with Crippen LogP contribution in [0.4, 0.5) is 5.69 Å². The van der Waals surface area contributed by atoms with Crippen molar-refractivity contribution < 1.29 is 4.79 Å². The van der Waals surface area contributed by atoms with Crippen molar-refractivity contribution >= 4 is 22.5 Å². The molecule has 4 nitrogen and oxygen atoms in total. The van der Waals surface area contributed by atoms with Crippen molar-refractivity contribution in [2.75, 3.05) is 18.4 Å². The molecule has 0 saturated heterocycles. The van der Waals surface area contributed by atoms with Crippen LogP contribution >= 0.6 is 0 Å². The summed E-state index contributed by atoms with van der Waals surface area (Å²) in [6, 6.07) is 7.67. The molecule has 2 aromatic rings. The molecule has 1 aromatic carbocycles. The van der Waals surface area contributed by atoms with Crippen LogP contribution in [0.25, 0.3) is 10.9 Å². The first-order valence-corrected chi connectivity index (χ1v) is 5.31. The largest absolute Gasteiger partial charge is 0.361 e. The summed E-state index contributed by atoms with van der Waals surface area (Å²) >= 11 is 0. The van der Waals surface area contributed by atoms with Gasteiger partial charge in [-0.15, -0.1) is 6.42 Å². The number of H-pyrrole nitrogens is 1. The van der Waals surface area contributed by atoms with E-state index >= 15 is 0 Å². The molecule has 17 heavy (non-hydrogen) atoms. The maximum absolute atomic E-state index is 11.5. The molecule has 86 valence electrons. The van der Waals surface area contributed by atoms with E-state index < -0.39 is 0 Å². The van der Waals surface area contributed by atoms with E-state index in [1.54, 1.807) is 0 Å². The van der Waals surface area contributed by atoms with Gasteiger partial charge in [0.2, 0.25) is 5.91 Å². The van der Waals surface area contributed by atoms with Gasteiger partial charge in [0.1, 0.15) is 0 Å². The van der Waals surface area contributed by atoms with Gasteiger partial charge in [0, 0.05) is 22.8 Å². The van der Waals surface area contributed by atoms with Gasteiger partial charge in [-0.2, -0.15) is 0 Å². The van der Waals surface area contributed by atoms with Crippen molar-refractivity contribution in [1.82, 2.24) is 10.3 Å². The Morgan fingerprint density at radius 2 is 2.29 bits per heavy atom. The van der Waals surface area contributed by atoms with E-state index in [1.165, 1.54) is 0 Å². The highest BCUT2D eigenvalue weighted by molar-refractivity contribution is 5.94. The van der Waals surface area contributed by atoms with Crippen molar-refractivity contribution in [2.24, 2.45) is 0 Å². The van der Waals surface area contributed by atoms with Crippen molar-refractivity contribution in [3.05, 3.63) is 30.5 Å². The number of anilines is 1. The molecule has 4 heteroatoms. The molecule has 0 saturated carbocycles. The minimum atomic E-state index is -0.102. The maximum atomic E-state index is 11.5. The Bertz CT molecular complexity index is 565. The molecule has 0 atom stereocenters. The smallest absolute Gasteiger partial charge is 0.238 e. The van der Waals surface area contributed by atoms with Crippen molar-refractivity contribution in [3.8, 4) is 12.3 Å². The molecule has 0 aliphatic rings. The summed E-state index contributed by atoms with van der Waals surface area (Å²) in [6.07, 6.45) is 6.94. The lowest BCUT2D eigenvalue weighted by atomic mass is 10.2. The van der Waals surface area contributed by atoms with Crippen LogP contribution < -0.4 is 10.6 Å². The van der Waals surface area contributed by atoms with Crippen LogP contribution in [0.5, 0.6) is 0 Å². The van der Waals surface area contributed by atoms with Gasteiger partial charge >= 0.3 is 0 Å². The van der Waals surface area contributed by atoms with E-state index in [4.69, 9.17) is 6.42 Å². The fraction of sp³-hybridized carbons (Fsp3) is 0.154. The fourth-order valence-corrected chi connectivity index (χ4v) is 1.58. The highest BCUT2D eigenvalue weighted by atomic mass is 16.1. The Morgan fingerprint density at radius 1 is 1.41 bits per heavy atom. The zero-order valence-corrected chi connectivity index (χ0v) is 9.29. The lowest BCUT2D eigenvalue weighted by Crippen LogP contribution is -2.28. The molecule has 2 rings (SSSR count). The quantitative estimate of drug-likeness (QED) is 0.545. The van der Waals surface area contributed by atoms with Gasteiger partial charge in [0.25, 0.3) is 0 Å². The number of benzene rings is 1. The molecule has 0 radical (unpaired) electrons. The summed E-state index contributed by atoms with van der Waals surface area (Å²) in [5, 5.41) is 6.70. The highest BCUT2D eigenvalue weighted by Crippen LogP contribution is 2.17. The molecule has 1 heterocycles. The Balaban J connectivity index is 1.98.